The van der Waals surface area contributed by atoms with Crippen LogP contribution in [0.5, 0.6) is 0 Å². The van der Waals surface area contributed by atoms with Crippen LogP contribution in [0, 0.1) is 0 Å². The van der Waals surface area contributed by atoms with Gasteiger partial charge in [-0.25, -0.2) is 9.78 Å². The van der Waals surface area contributed by atoms with Crippen LogP contribution in [-0.4, -0.2) is 14.8 Å². The molecule has 1 unspecified atom stereocenters. The zero-order valence-electron chi connectivity index (χ0n) is 14.6. The number of fused-ring (bicyclic) bond motifs is 1. The van der Waals surface area contributed by atoms with E-state index >= 15 is 0 Å². The number of rotatable bonds is 6. The maximum Gasteiger partial charge on any atom is 0.336 e. The van der Waals surface area contributed by atoms with Gasteiger partial charge < -0.3 is 9.15 Å². The van der Waals surface area contributed by atoms with Crippen LogP contribution < -0.4 is 5.63 Å². The summed E-state index contributed by atoms with van der Waals surface area (Å²) in [6.07, 6.45) is 2.74. The van der Waals surface area contributed by atoms with Gasteiger partial charge in [0.25, 0.3) is 0 Å². The minimum absolute atomic E-state index is 0.341. The summed E-state index contributed by atoms with van der Waals surface area (Å²) in [7, 11) is 0. The van der Waals surface area contributed by atoms with Crippen LogP contribution in [0.2, 0.25) is 10.0 Å². The topological polar surface area (TPSA) is 70.2 Å². The van der Waals surface area contributed by atoms with E-state index in [0.29, 0.717) is 28.8 Å². The molecule has 4 rings (SSSR count). The number of hydrogen-bond donors (Lipinski definition) is 0. The van der Waals surface area contributed by atoms with Gasteiger partial charge in [-0.1, -0.05) is 35.3 Å². The molecule has 2 heterocycles. The molecule has 0 aliphatic rings. The molecule has 28 heavy (non-hydrogen) atoms. The molecular formula is C20H15Cl2N3O3. The third-order valence-corrected chi connectivity index (χ3v) is 4.83. The third-order valence-electron chi connectivity index (χ3n) is 4.26. The summed E-state index contributed by atoms with van der Waals surface area (Å²) < 4.78 is 13.0. The molecule has 0 radical (unpaired) electrons. The Balaban J connectivity index is 1.58. The Hall–Kier alpha value is -2.67. The highest BCUT2D eigenvalue weighted by molar-refractivity contribution is 6.35. The highest BCUT2D eigenvalue weighted by Crippen LogP contribution is 2.30. The smallest absolute Gasteiger partial charge is 0.336 e. The number of benzene rings is 2. The molecule has 2 aromatic carbocycles. The average Bonchev–Trinajstić information content (AvgIpc) is 3.18. The lowest BCUT2D eigenvalue weighted by Gasteiger charge is -2.20. The van der Waals surface area contributed by atoms with Crippen molar-refractivity contribution in [2.45, 2.75) is 19.3 Å². The predicted octanol–water partition coefficient (Wildman–Crippen LogP) is 4.65. The number of halogens is 2. The summed E-state index contributed by atoms with van der Waals surface area (Å²) in [5, 5.41) is 6.06. The van der Waals surface area contributed by atoms with E-state index in [1.165, 1.54) is 12.4 Å². The van der Waals surface area contributed by atoms with Gasteiger partial charge in [-0.2, -0.15) is 5.10 Å². The lowest BCUT2D eigenvalue weighted by Crippen LogP contribution is -2.14. The number of aromatic nitrogens is 3. The highest BCUT2D eigenvalue weighted by atomic mass is 35.5. The van der Waals surface area contributed by atoms with Gasteiger partial charge in [0.05, 0.1) is 13.2 Å². The maximum atomic E-state index is 11.3. The zero-order chi connectivity index (χ0) is 19.5. The molecule has 0 N–H and O–H groups in total. The second-order valence-corrected chi connectivity index (χ2v) is 7.05. The molecular weight excluding hydrogens is 401 g/mol. The summed E-state index contributed by atoms with van der Waals surface area (Å²) in [6.45, 7) is 0.789. The largest absolute Gasteiger partial charge is 0.423 e. The normalized spacial score (nSPS) is 12.4. The Labute approximate surface area is 170 Å². The minimum Gasteiger partial charge on any atom is -0.423 e. The highest BCUT2D eigenvalue weighted by Gasteiger charge is 2.17. The van der Waals surface area contributed by atoms with Crippen LogP contribution in [0.1, 0.15) is 17.2 Å². The molecule has 1 atom stereocenters. The first-order chi connectivity index (χ1) is 13.6. The lowest BCUT2D eigenvalue weighted by molar-refractivity contribution is 0.0257. The fourth-order valence-corrected chi connectivity index (χ4v) is 3.44. The zero-order valence-corrected chi connectivity index (χ0v) is 16.1. The van der Waals surface area contributed by atoms with Crippen LogP contribution >= 0.6 is 23.2 Å². The number of nitrogens with zero attached hydrogens (tertiary/aromatic N) is 3. The second-order valence-electron chi connectivity index (χ2n) is 6.21. The van der Waals surface area contributed by atoms with Gasteiger partial charge in [-0.15, -0.1) is 0 Å². The van der Waals surface area contributed by atoms with Gasteiger partial charge in [0.1, 0.15) is 24.3 Å². The van der Waals surface area contributed by atoms with Crippen molar-refractivity contribution in [1.82, 2.24) is 14.8 Å². The van der Waals surface area contributed by atoms with Crippen molar-refractivity contribution in [3.63, 3.8) is 0 Å². The predicted molar refractivity (Wildman–Crippen MR) is 106 cm³/mol. The van der Waals surface area contributed by atoms with E-state index < -0.39 is 0 Å². The molecule has 6 nitrogen and oxygen atoms in total. The average molecular weight is 416 g/mol. The molecule has 142 valence electrons. The van der Waals surface area contributed by atoms with Crippen molar-refractivity contribution in [3.8, 4) is 0 Å². The molecule has 0 aliphatic carbocycles. The maximum absolute atomic E-state index is 11.3. The van der Waals surface area contributed by atoms with Gasteiger partial charge >= 0.3 is 5.63 Å². The molecule has 0 bridgehead atoms. The fraction of sp³-hybridized carbons (Fsp3) is 0.150. The van der Waals surface area contributed by atoms with Crippen LogP contribution in [0.15, 0.2) is 70.4 Å². The van der Waals surface area contributed by atoms with E-state index in [2.05, 4.69) is 10.1 Å². The first-order valence-electron chi connectivity index (χ1n) is 8.50. The van der Waals surface area contributed by atoms with E-state index in [1.54, 1.807) is 35.3 Å². The van der Waals surface area contributed by atoms with Crippen molar-refractivity contribution >= 4 is 34.2 Å². The van der Waals surface area contributed by atoms with Crippen molar-refractivity contribution < 1.29 is 9.15 Å². The second kappa shape index (κ2) is 8.14. The summed E-state index contributed by atoms with van der Waals surface area (Å²) in [5.74, 6) is 0. The quantitative estimate of drug-likeness (QED) is 0.428. The van der Waals surface area contributed by atoms with Crippen molar-refractivity contribution in [3.05, 3.63) is 92.8 Å². The number of ether oxygens (including phenoxy) is 1. The van der Waals surface area contributed by atoms with Crippen molar-refractivity contribution in [1.29, 1.82) is 0 Å². The van der Waals surface area contributed by atoms with Gasteiger partial charge in [0, 0.05) is 27.1 Å². The van der Waals surface area contributed by atoms with Gasteiger partial charge in [-0.05, 0) is 35.9 Å². The Morgan fingerprint density at radius 1 is 1.11 bits per heavy atom. The fourth-order valence-electron chi connectivity index (χ4n) is 2.91. The first-order valence-corrected chi connectivity index (χ1v) is 9.26. The number of hydrogen-bond acceptors (Lipinski definition) is 5. The van der Waals surface area contributed by atoms with Crippen LogP contribution in [0.25, 0.3) is 11.0 Å². The molecule has 0 saturated heterocycles. The molecule has 2 aromatic heterocycles. The molecule has 0 saturated carbocycles. The molecule has 0 fully saturated rings. The van der Waals surface area contributed by atoms with E-state index in [-0.39, 0.29) is 11.7 Å². The SMILES string of the molecule is O=c1ccc2cc(COC(Cn3cncn3)c3ccc(Cl)cc3Cl)ccc2o1. The van der Waals surface area contributed by atoms with Crippen LogP contribution in [-0.2, 0) is 17.9 Å². The minimum atomic E-state index is -0.373. The Bertz CT molecular complexity index is 1160. The summed E-state index contributed by atoms with van der Waals surface area (Å²) in [6, 6.07) is 14.0. The molecule has 8 heteroatoms. The first kappa shape index (κ1) is 18.7. The monoisotopic (exact) mass is 415 g/mol. The molecule has 0 spiro atoms. The Morgan fingerprint density at radius 3 is 2.79 bits per heavy atom. The van der Waals surface area contributed by atoms with Crippen LogP contribution in [0.3, 0.4) is 0 Å². The van der Waals surface area contributed by atoms with Gasteiger partial charge in [-0.3, -0.25) is 4.68 Å². The summed E-state index contributed by atoms with van der Waals surface area (Å²) in [4.78, 5) is 15.3. The van der Waals surface area contributed by atoms with Gasteiger partial charge in [0.2, 0.25) is 0 Å². The van der Waals surface area contributed by atoms with Crippen molar-refractivity contribution in [2.24, 2.45) is 0 Å². The Kier molecular flexibility index (Phi) is 5.43. The molecule has 0 aliphatic heterocycles. The Morgan fingerprint density at radius 2 is 2.00 bits per heavy atom. The van der Waals surface area contributed by atoms with Gasteiger partial charge in [0.15, 0.2) is 0 Å². The molecule has 0 amide bonds. The van der Waals surface area contributed by atoms with E-state index in [0.717, 1.165) is 16.5 Å². The van der Waals surface area contributed by atoms with E-state index in [1.807, 2.05) is 18.2 Å². The third kappa shape index (κ3) is 4.25. The summed E-state index contributed by atoms with van der Waals surface area (Å²) in [5.41, 5.74) is 1.92. The lowest BCUT2D eigenvalue weighted by atomic mass is 10.1. The van der Waals surface area contributed by atoms with E-state index in [4.69, 9.17) is 32.4 Å². The summed E-state index contributed by atoms with van der Waals surface area (Å²) >= 11 is 12.4. The molecule has 4 aromatic rings. The van der Waals surface area contributed by atoms with E-state index in [9.17, 15) is 4.79 Å². The standard InChI is InChI=1S/C20H15Cl2N3O3/c21-15-3-4-16(17(22)8-15)19(9-25-12-23-11-24-25)27-10-13-1-5-18-14(7-13)2-6-20(26)28-18/h1-8,11-12,19H,9-10H2. The van der Waals surface area contributed by atoms with Crippen LogP contribution in [0.4, 0.5) is 0 Å². The van der Waals surface area contributed by atoms with Crippen molar-refractivity contribution in [2.75, 3.05) is 0 Å².